The van der Waals surface area contributed by atoms with Crippen LogP contribution in [0.3, 0.4) is 0 Å². The molecule has 0 aliphatic carbocycles. The predicted octanol–water partition coefficient (Wildman–Crippen LogP) is 4.10. The van der Waals surface area contributed by atoms with Gasteiger partial charge in [0.25, 0.3) is 0 Å². The highest BCUT2D eigenvalue weighted by Gasteiger charge is 2.21. The van der Waals surface area contributed by atoms with Gasteiger partial charge in [0.1, 0.15) is 0 Å². The zero-order valence-electron chi connectivity index (χ0n) is 13.3. The van der Waals surface area contributed by atoms with Gasteiger partial charge in [0.2, 0.25) is 5.91 Å². The van der Waals surface area contributed by atoms with Gasteiger partial charge in [0, 0.05) is 36.2 Å². The van der Waals surface area contributed by atoms with Gasteiger partial charge < -0.3 is 15.4 Å². The minimum Gasteiger partial charge on any atom is -0.381 e. The Morgan fingerprint density at radius 1 is 1.00 bits per heavy atom. The molecule has 4 heteroatoms. The summed E-state index contributed by atoms with van der Waals surface area (Å²) in [4.78, 5) is 12.2. The fraction of sp³-hybridized carbons (Fsp3) is 0.316. The molecule has 0 unspecified atom stereocenters. The van der Waals surface area contributed by atoms with E-state index in [4.69, 9.17) is 4.74 Å². The lowest BCUT2D eigenvalue weighted by Gasteiger charge is -2.21. The second-order valence-electron chi connectivity index (χ2n) is 5.95. The van der Waals surface area contributed by atoms with Crippen molar-refractivity contribution in [2.24, 2.45) is 5.92 Å². The lowest BCUT2D eigenvalue weighted by molar-refractivity contribution is -0.122. The van der Waals surface area contributed by atoms with E-state index in [2.05, 4.69) is 29.7 Å². The van der Waals surface area contributed by atoms with E-state index in [1.807, 2.05) is 36.4 Å². The summed E-state index contributed by atoms with van der Waals surface area (Å²) in [5.41, 5.74) is 4.11. The average Bonchev–Trinajstić information content (AvgIpc) is 2.57. The first kappa shape index (κ1) is 15.6. The molecular formula is C19H22N2O2. The SMILES string of the molecule is Cc1cccc(Nc2ccc(NC(=O)C3CCOCC3)cc2)c1. The molecule has 23 heavy (non-hydrogen) atoms. The number of hydrogen-bond donors (Lipinski definition) is 2. The fourth-order valence-electron chi connectivity index (χ4n) is 2.73. The van der Waals surface area contributed by atoms with Crippen molar-refractivity contribution >= 4 is 23.0 Å². The number of nitrogens with one attached hydrogen (secondary N) is 2. The van der Waals surface area contributed by atoms with Gasteiger partial charge in [-0.15, -0.1) is 0 Å². The van der Waals surface area contributed by atoms with Crippen LogP contribution in [0.1, 0.15) is 18.4 Å². The van der Waals surface area contributed by atoms with Gasteiger partial charge in [0.05, 0.1) is 0 Å². The second kappa shape index (κ2) is 7.29. The molecule has 1 amide bonds. The van der Waals surface area contributed by atoms with Crippen molar-refractivity contribution in [3.05, 3.63) is 54.1 Å². The molecule has 0 radical (unpaired) electrons. The number of hydrogen-bond acceptors (Lipinski definition) is 3. The Bertz CT molecular complexity index is 661. The second-order valence-corrected chi connectivity index (χ2v) is 5.95. The Kier molecular flexibility index (Phi) is 4.93. The summed E-state index contributed by atoms with van der Waals surface area (Å²) >= 11 is 0. The van der Waals surface area contributed by atoms with E-state index >= 15 is 0 Å². The van der Waals surface area contributed by atoms with Crippen molar-refractivity contribution in [2.45, 2.75) is 19.8 Å². The molecular weight excluding hydrogens is 288 g/mol. The lowest BCUT2D eigenvalue weighted by Crippen LogP contribution is -2.28. The number of ether oxygens (including phenoxy) is 1. The molecule has 1 heterocycles. The largest absolute Gasteiger partial charge is 0.381 e. The Morgan fingerprint density at radius 2 is 1.70 bits per heavy atom. The molecule has 0 bridgehead atoms. The van der Waals surface area contributed by atoms with Crippen LogP contribution >= 0.6 is 0 Å². The van der Waals surface area contributed by atoms with Crippen LogP contribution in [0.4, 0.5) is 17.1 Å². The van der Waals surface area contributed by atoms with Gasteiger partial charge in [0.15, 0.2) is 0 Å². The van der Waals surface area contributed by atoms with Gasteiger partial charge >= 0.3 is 0 Å². The molecule has 1 saturated heterocycles. The van der Waals surface area contributed by atoms with Crippen LogP contribution in [0.15, 0.2) is 48.5 Å². The van der Waals surface area contributed by atoms with Crippen molar-refractivity contribution in [2.75, 3.05) is 23.8 Å². The van der Waals surface area contributed by atoms with Crippen molar-refractivity contribution in [3.8, 4) is 0 Å². The summed E-state index contributed by atoms with van der Waals surface area (Å²) < 4.78 is 5.29. The number of anilines is 3. The van der Waals surface area contributed by atoms with Crippen molar-refractivity contribution in [1.29, 1.82) is 0 Å². The topological polar surface area (TPSA) is 50.4 Å². The standard InChI is InChI=1S/C19H22N2O2/c1-14-3-2-4-18(13-14)20-16-5-7-17(8-6-16)21-19(22)15-9-11-23-12-10-15/h2-8,13,15,20H,9-12H2,1H3,(H,21,22). The van der Waals surface area contributed by atoms with Crippen molar-refractivity contribution in [1.82, 2.24) is 0 Å². The van der Waals surface area contributed by atoms with Crippen LogP contribution in [0.25, 0.3) is 0 Å². The van der Waals surface area contributed by atoms with Gasteiger partial charge in [-0.25, -0.2) is 0 Å². The molecule has 0 saturated carbocycles. The van der Waals surface area contributed by atoms with Crippen LogP contribution < -0.4 is 10.6 Å². The Morgan fingerprint density at radius 3 is 2.39 bits per heavy atom. The zero-order chi connectivity index (χ0) is 16.1. The van der Waals surface area contributed by atoms with Crippen LogP contribution in [0.5, 0.6) is 0 Å². The van der Waals surface area contributed by atoms with Crippen molar-refractivity contribution in [3.63, 3.8) is 0 Å². The quantitative estimate of drug-likeness (QED) is 0.893. The van der Waals surface area contributed by atoms with E-state index in [1.165, 1.54) is 5.56 Å². The summed E-state index contributed by atoms with van der Waals surface area (Å²) in [5, 5.41) is 6.35. The summed E-state index contributed by atoms with van der Waals surface area (Å²) in [5.74, 6) is 0.154. The molecule has 120 valence electrons. The first-order valence-corrected chi connectivity index (χ1v) is 8.03. The Labute approximate surface area is 136 Å². The predicted molar refractivity (Wildman–Crippen MR) is 93.1 cm³/mol. The monoisotopic (exact) mass is 310 g/mol. The number of rotatable bonds is 4. The fourth-order valence-corrected chi connectivity index (χ4v) is 2.73. The summed E-state index contributed by atoms with van der Waals surface area (Å²) in [6.07, 6.45) is 1.61. The lowest BCUT2D eigenvalue weighted by atomic mass is 9.99. The van der Waals surface area contributed by atoms with Crippen molar-refractivity contribution < 1.29 is 9.53 Å². The number of amides is 1. The third-order valence-electron chi connectivity index (χ3n) is 4.05. The van der Waals surface area contributed by atoms with Crippen LogP contribution in [0.2, 0.25) is 0 Å². The highest BCUT2D eigenvalue weighted by atomic mass is 16.5. The zero-order valence-corrected chi connectivity index (χ0v) is 13.3. The Balaban J connectivity index is 1.59. The molecule has 2 N–H and O–H groups in total. The van der Waals surface area contributed by atoms with Crippen LogP contribution in [-0.4, -0.2) is 19.1 Å². The minimum absolute atomic E-state index is 0.0637. The van der Waals surface area contributed by atoms with Gasteiger partial charge in [-0.1, -0.05) is 12.1 Å². The molecule has 3 rings (SSSR count). The highest BCUT2D eigenvalue weighted by molar-refractivity contribution is 5.92. The normalized spacial score (nSPS) is 15.2. The third-order valence-corrected chi connectivity index (χ3v) is 4.05. The number of carbonyl (C=O) groups excluding carboxylic acids is 1. The number of benzene rings is 2. The first-order chi connectivity index (χ1) is 11.2. The molecule has 0 atom stereocenters. The average molecular weight is 310 g/mol. The molecule has 1 aliphatic rings. The summed E-state index contributed by atoms with van der Waals surface area (Å²) in [7, 11) is 0. The highest BCUT2D eigenvalue weighted by Crippen LogP contribution is 2.21. The van der Waals surface area contributed by atoms with Crippen LogP contribution in [-0.2, 0) is 9.53 Å². The minimum atomic E-state index is 0.0637. The summed E-state index contributed by atoms with van der Waals surface area (Å²) in [6.45, 7) is 3.43. The first-order valence-electron chi connectivity index (χ1n) is 8.03. The van der Waals surface area contributed by atoms with E-state index in [0.717, 1.165) is 29.9 Å². The van der Waals surface area contributed by atoms with E-state index in [9.17, 15) is 4.79 Å². The van der Waals surface area contributed by atoms with Crippen LogP contribution in [0, 0.1) is 12.8 Å². The van der Waals surface area contributed by atoms with Gasteiger partial charge in [-0.3, -0.25) is 4.79 Å². The number of aryl methyl sites for hydroxylation is 1. The number of carbonyl (C=O) groups is 1. The maximum atomic E-state index is 12.2. The molecule has 2 aromatic rings. The van der Waals surface area contributed by atoms with Gasteiger partial charge in [-0.05, 0) is 61.7 Å². The maximum absolute atomic E-state index is 12.2. The summed E-state index contributed by atoms with van der Waals surface area (Å²) in [6, 6.07) is 16.0. The Hall–Kier alpha value is -2.33. The molecule has 0 aromatic heterocycles. The maximum Gasteiger partial charge on any atom is 0.227 e. The molecule has 0 spiro atoms. The molecule has 4 nitrogen and oxygen atoms in total. The molecule has 2 aromatic carbocycles. The van der Waals surface area contributed by atoms with E-state index in [-0.39, 0.29) is 11.8 Å². The van der Waals surface area contributed by atoms with E-state index in [1.54, 1.807) is 0 Å². The van der Waals surface area contributed by atoms with E-state index < -0.39 is 0 Å². The molecule has 1 fully saturated rings. The smallest absolute Gasteiger partial charge is 0.227 e. The van der Waals surface area contributed by atoms with Gasteiger partial charge in [-0.2, -0.15) is 0 Å². The van der Waals surface area contributed by atoms with E-state index in [0.29, 0.717) is 13.2 Å². The third kappa shape index (κ3) is 4.33. The molecule has 1 aliphatic heterocycles.